The third-order valence-electron chi connectivity index (χ3n) is 2.66. The standard InChI is InChI=1S/C14H14NO4/c1-15(10-16)7-2-8-18-12-5-3-11-4-6-14(17)19-13(11)9-12/h3-6,9H,2,7-8H2,1H3. The van der Waals surface area contributed by atoms with Crippen LogP contribution in [0.3, 0.4) is 0 Å². The summed E-state index contributed by atoms with van der Waals surface area (Å²) in [6, 6.07) is 8.43. The number of carbonyl (C=O) groups excluding carboxylic acids is 1. The Balaban J connectivity index is 1.97. The van der Waals surface area contributed by atoms with Gasteiger partial charge in [-0.2, -0.15) is 0 Å². The van der Waals surface area contributed by atoms with Gasteiger partial charge in [-0.1, -0.05) is 0 Å². The molecule has 99 valence electrons. The van der Waals surface area contributed by atoms with Gasteiger partial charge in [0.15, 0.2) is 0 Å². The molecule has 2 aromatic rings. The number of benzene rings is 1. The highest BCUT2D eigenvalue weighted by Crippen LogP contribution is 2.19. The fourth-order valence-corrected chi connectivity index (χ4v) is 1.67. The Bertz CT molecular complexity index is 620. The lowest BCUT2D eigenvalue weighted by atomic mass is 10.2. The fourth-order valence-electron chi connectivity index (χ4n) is 1.67. The molecule has 1 amide bonds. The van der Waals surface area contributed by atoms with Crippen molar-refractivity contribution in [2.24, 2.45) is 0 Å². The molecule has 0 aliphatic rings. The smallest absolute Gasteiger partial charge is 0.336 e. The molecule has 5 nitrogen and oxygen atoms in total. The van der Waals surface area contributed by atoms with E-state index >= 15 is 0 Å². The van der Waals surface area contributed by atoms with Crippen LogP contribution in [0.15, 0.2) is 39.5 Å². The molecular weight excluding hydrogens is 246 g/mol. The van der Waals surface area contributed by atoms with Crippen molar-refractivity contribution in [1.29, 1.82) is 0 Å². The van der Waals surface area contributed by atoms with Crippen molar-refractivity contribution in [1.82, 2.24) is 4.90 Å². The van der Waals surface area contributed by atoms with Crippen LogP contribution in [-0.4, -0.2) is 31.5 Å². The summed E-state index contributed by atoms with van der Waals surface area (Å²) in [7, 11) is 1.66. The Morgan fingerprint density at radius 1 is 1.32 bits per heavy atom. The molecule has 0 unspecified atom stereocenters. The van der Waals surface area contributed by atoms with Gasteiger partial charge in [0, 0.05) is 31.1 Å². The highest BCUT2D eigenvalue weighted by molar-refractivity contribution is 5.77. The maximum Gasteiger partial charge on any atom is 0.336 e. The highest BCUT2D eigenvalue weighted by Gasteiger charge is 2.01. The molecule has 1 aromatic heterocycles. The maximum atomic E-state index is 11.1. The van der Waals surface area contributed by atoms with Crippen LogP contribution in [0.1, 0.15) is 6.42 Å². The Labute approximate surface area is 110 Å². The van der Waals surface area contributed by atoms with Gasteiger partial charge in [0.1, 0.15) is 11.3 Å². The number of hydrogen-bond donors (Lipinski definition) is 0. The molecule has 1 heterocycles. The average molecular weight is 260 g/mol. The number of rotatable bonds is 6. The number of nitrogens with zero attached hydrogens (tertiary/aromatic N) is 1. The van der Waals surface area contributed by atoms with Crippen molar-refractivity contribution in [2.75, 3.05) is 20.2 Å². The van der Waals surface area contributed by atoms with E-state index in [9.17, 15) is 9.59 Å². The lowest BCUT2D eigenvalue weighted by Crippen LogP contribution is -2.18. The molecule has 0 N–H and O–H groups in total. The molecular formula is C14H14NO4. The van der Waals surface area contributed by atoms with E-state index in [4.69, 9.17) is 9.15 Å². The van der Waals surface area contributed by atoms with E-state index in [1.54, 1.807) is 25.6 Å². The fraction of sp³-hybridized carbons (Fsp3) is 0.286. The summed E-state index contributed by atoms with van der Waals surface area (Å²) in [6.45, 7) is 1.07. The third-order valence-corrected chi connectivity index (χ3v) is 2.66. The van der Waals surface area contributed by atoms with Gasteiger partial charge in [0.2, 0.25) is 0 Å². The molecule has 0 fully saturated rings. The first-order valence-corrected chi connectivity index (χ1v) is 5.95. The largest absolute Gasteiger partial charge is 0.493 e. The molecule has 5 heteroatoms. The summed E-state index contributed by atoms with van der Waals surface area (Å²) in [5.74, 6) is 0.639. The van der Waals surface area contributed by atoms with E-state index in [2.05, 4.69) is 0 Å². The first-order valence-electron chi connectivity index (χ1n) is 5.95. The topological polar surface area (TPSA) is 59.8 Å². The number of hydrogen-bond acceptors (Lipinski definition) is 4. The predicted molar refractivity (Wildman–Crippen MR) is 70.9 cm³/mol. The zero-order valence-electron chi connectivity index (χ0n) is 10.6. The maximum absolute atomic E-state index is 11.1. The molecule has 0 aliphatic carbocycles. The Morgan fingerprint density at radius 2 is 2.11 bits per heavy atom. The molecule has 1 radical (unpaired) electrons. The average Bonchev–Trinajstić information content (AvgIpc) is 2.42. The predicted octanol–water partition coefficient (Wildman–Crippen LogP) is 1.56. The van der Waals surface area contributed by atoms with Gasteiger partial charge in [0.05, 0.1) is 6.61 Å². The molecule has 0 spiro atoms. The van der Waals surface area contributed by atoms with Gasteiger partial charge >= 0.3 is 12.0 Å². The normalized spacial score (nSPS) is 10.4. The van der Waals surface area contributed by atoms with E-state index in [0.717, 1.165) is 5.39 Å². The first kappa shape index (κ1) is 13.1. The second-order valence-electron chi connectivity index (χ2n) is 4.17. The van der Waals surface area contributed by atoms with Crippen LogP contribution in [0.25, 0.3) is 11.0 Å². The van der Waals surface area contributed by atoms with E-state index in [1.165, 1.54) is 11.0 Å². The van der Waals surface area contributed by atoms with E-state index in [-0.39, 0.29) is 5.63 Å². The second-order valence-corrected chi connectivity index (χ2v) is 4.17. The summed E-state index contributed by atoms with van der Waals surface area (Å²) in [5, 5.41) is 0.849. The van der Waals surface area contributed by atoms with Gasteiger partial charge in [-0.05, 0) is 24.6 Å². The molecule has 0 atom stereocenters. The van der Waals surface area contributed by atoms with Crippen LogP contribution >= 0.6 is 0 Å². The van der Waals surface area contributed by atoms with Crippen molar-refractivity contribution in [3.8, 4) is 5.75 Å². The van der Waals surface area contributed by atoms with Crippen LogP contribution < -0.4 is 10.4 Å². The molecule has 0 aliphatic heterocycles. The summed E-state index contributed by atoms with van der Waals surface area (Å²) >= 11 is 0. The zero-order valence-corrected chi connectivity index (χ0v) is 10.6. The van der Waals surface area contributed by atoms with E-state index < -0.39 is 0 Å². The van der Waals surface area contributed by atoms with Gasteiger partial charge in [-0.3, -0.25) is 4.79 Å². The van der Waals surface area contributed by atoms with Crippen LogP contribution in [0.4, 0.5) is 0 Å². The summed E-state index contributed by atoms with van der Waals surface area (Å²) in [4.78, 5) is 22.8. The van der Waals surface area contributed by atoms with E-state index in [1.807, 2.05) is 12.1 Å². The summed E-state index contributed by atoms with van der Waals surface area (Å²) < 4.78 is 10.6. The summed E-state index contributed by atoms with van der Waals surface area (Å²) in [6.07, 6.45) is 2.48. The van der Waals surface area contributed by atoms with Crippen LogP contribution in [-0.2, 0) is 4.79 Å². The molecule has 1 aromatic carbocycles. The molecule has 0 saturated heterocycles. The van der Waals surface area contributed by atoms with Crippen molar-refractivity contribution in [2.45, 2.75) is 6.42 Å². The SMILES string of the molecule is CN([C]=O)CCCOc1ccc2ccc(=O)oc2c1. The van der Waals surface area contributed by atoms with Gasteiger partial charge < -0.3 is 14.1 Å². The minimum Gasteiger partial charge on any atom is -0.493 e. The van der Waals surface area contributed by atoms with E-state index in [0.29, 0.717) is 30.9 Å². The Hall–Kier alpha value is -2.30. The van der Waals surface area contributed by atoms with Crippen LogP contribution in [0.5, 0.6) is 5.75 Å². The lowest BCUT2D eigenvalue weighted by Gasteiger charge is -2.10. The molecule has 2 rings (SSSR count). The quantitative estimate of drug-likeness (QED) is 0.449. The minimum absolute atomic E-state index is 0.382. The van der Waals surface area contributed by atoms with Gasteiger partial charge in [0.25, 0.3) is 0 Å². The van der Waals surface area contributed by atoms with Crippen molar-refractivity contribution >= 4 is 17.4 Å². The number of ether oxygens (including phenoxy) is 1. The monoisotopic (exact) mass is 260 g/mol. The third kappa shape index (κ3) is 3.58. The van der Waals surface area contributed by atoms with Crippen LogP contribution in [0, 0.1) is 0 Å². The Kier molecular flexibility index (Phi) is 4.18. The second kappa shape index (κ2) is 6.04. The van der Waals surface area contributed by atoms with Crippen LogP contribution in [0.2, 0.25) is 0 Å². The summed E-state index contributed by atoms with van der Waals surface area (Å²) in [5.41, 5.74) is 0.121. The van der Waals surface area contributed by atoms with Gasteiger partial charge in [-0.25, -0.2) is 4.79 Å². The minimum atomic E-state index is -0.382. The zero-order chi connectivity index (χ0) is 13.7. The first-order chi connectivity index (χ1) is 9.19. The highest BCUT2D eigenvalue weighted by atomic mass is 16.5. The van der Waals surface area contributed by atoms with Crippen molar-refractivity contribution in [3.63, 3.8) is 0 Å². The molecule has 19 heavy (non-hydrogen) atoms. The molecule has 0 bridgehead atoms. The lowest BCUT2D eigenvalue weighted by molar-refractivity contribution is 0.292. The van der Waals surface area contributed by atoms with Crippen molar-refractivity contribution < 1.29 is 13.9 Å². The number of amides is 1. The van der Waals surface area contributed by atoms with Crippen molar-refractivity contribution in [3.05, 3.63) is 40.8 Å². The number of fused-ring (bicyclic) bond motifs is 1. The molecule has 0 saturated carbocycles. The van der Waals surface area contributed by atoms with Gasteiger partial charge in [-0.15, -0.1) is 0 Å². The Morgan fingerprint density at radius 3 is 2.89 bits per heavy atom.